The zero-order valence-electron chi connectivity index (χ0n) is 9.81. The molecule has 0 radical (unpaired) electrons. The van der Waals surface area contributed by atoms with Crippen LogP contribution in [0.4, 0.5) is 0 Å². The standard InChI is InChI=1S/C12H16N2O2S/c1-2-7-16-12(13-9-5-6-9)14-11(15)10-4-3-8-17-10/h3-4,8-9H,2,5-7H2,1H3,(H,13,14,15). The average molecular weight is 252 g/mol. The summed E-state index contributed by atoms with van der Waals surface area (Å²) in [6.45, 7) is 2.60. The number of hydrogen-bond acceptors (Lipinski definition) is 4. The van der Waals surface area contributed by atoms with Gasteiger partial charge in [-0.3, -0.25) is 10.1 Å². The van der Waals surface area contributed by atoms with Crippen molar-refractivity contribution in [3.8, 4) is 0 Å². The highest BCUT2D eigenvalue weighted by Crippen LogP contribution is 2.23. The predicted molar refractivity (Wildman–Crippen MR) is 68.5 cm³/mol. The molecule has 1 amide bonds. The van der Waals surface area contributed by atoms with Gasteiger partial charge < -0.3 is 4.74 Å². The molecule has 0 unspecified atom stereocenters. The molecule has 1 aromatic rings. The maximum atomic E-state index is 11.8. The second kappa shape index (κ2) is 5.82. The number of aliphatic imine (C=N–C) groups is 1. The molecule has 92 valence electrons. The molecule has 1 aliphatic rings. The van der Waals surface area contributed by atoms with Gasteiger partial charge in [-0.15, -0.1) is 11.3 Å². The first-order chi connectivity index (χ1) is 8.29. The Hall–Kier alpha value is -1.36. The van der Waals surface area contributed by atoms with Crippen molar-refractivity contribution in [3.05, 3.63) is 22.4 Å². The number of hydrogen-bond donors (Lipinski definition) is 1. The molecule has 1 saturated carbocycles. The number of nitrogens with one attached hydrogen (secondary N) is 1. The third kappa shape index (κ3) is 3.85. The van der Waals surface area contributed by atoms with Crippen LogP contribution in [-0.4, -0.2) is 24.6 Å². The van der Waals surface area contributed by atoms with Crippen molar-refractivity contribution in [2.75, 3.05) is 6.61 Å². The van der Waals surface area contributed by atoms with Crippen molar-refractivity contribution in [3.63, 3.8) is 0 Å². The third-order valence-electron chi connectivity index (χ3n) is 2.26. The maximum absolute atomic E-state index is 11.8. The number of ether oxygens (including phenoxy) is 1. The van der Waals surface area contributed by atoms with Crippen molar-refractivity contribution in [1.82, 2.24) is 5.32 Å². The van der Waals surface area contributed by atoms with Gasteiger partial charge in [0.2, 0.25) is 0 Å². The van der Waals surface area contributed by atoms with Crippen molar-refractivity contribution in [2.24, 2.45) is 4.99 Å². The molecular formula is C12H16N2O2S. The van der Waals surface area contributed by atoms with Gasteiger partial charge in [0.05, 0.1) is 17.5 Å². The quantitative estimate of drug-likeness (QED) is 0.661. The summed E-state index contributed by atoms with van der Waals surface area (Å²) in [6.07, 6.45) is 3.08. The molecule has 1 fully saturated rings. The minimum atomic E-state index is -0.143. The van der Waals surface area contributed by atoms with Crippen molar-refractivity contribution < 1.29 is 9.53 Å². The van der Waals surface area contributed by atoms with Crippen LogP contribution in [0, 0.1) is 0 Å². The van der Waals surface area contributed by atoms with Crippen LogP contribution in [0.15, 0.2) is 22.5 Å². The highest BCUT2D eigenvalue weighted by atomic mass is 32.1. The van der Waals surface area contributed by atoms with Gasteiger partial charge >= 0.3 is 0 Å². The van der Waals surface area contributed by atoms with E-state index in [1.54, 1.807) is 6.07 Å². The molecule has 0 atom stereocenters. The van der Waals surface area contributed by atoms with E-state index in [0.717, 1.165) is 19.3 Å². The van der Waals surface area contributed by atoms with Crippen LogP contribution in [0.1, 0.15) is 35.9 Å². The molecule has 4 nitrogen and oxygen atoms in total. The molecule has 0 aromatic carbocycles. The van der Waals surface area contributed by atoms with Gasteiger partial charge in [0.25, 0.3) is 11.9 Å². The zero-order chi connectivity index (χ0) is 12.1. The molecule has 0 bridgehead atoms. The van der Waals surface area contributed by atoms with Crippen LogP contribution in [0.3, 0.4) is 0 Å². The molecule has 2 rings (SSSR count). The van der Waals surface area contributed by atoms with E-state index in [1.807, 2.05) is 18.4 Å². The van der Waals surface area contributed by atoms with Gasteiger partial charge in [-0.05, 0) is 30.7 Å². The normalized spacial score (nSPS) is 15.7. The van der Waals surface area contributed by atoms with Gasteiger partial charge in [-0.1, -0.05) is 13.0 Å². The summed E-state index contributed by atoms with van der Waals surface area (Å²) in [5.74, 6) is -0.143. The highest BCUT2D eigenvalue weighted by molar-refractivity contribution is 7.12. The lowest BCUT2D eigenvalue weighted by molar-refractivity contribution is 0.0969. The minimum absolute atomic E-state index is 0.143. The number of carbonyl (C=O) groups excluding carboxylic acids is 1. The molecule has 1 aromatic heterocycles. The Labute approximate surface area is 105 Å². The number of carbonyl (C=O) groups is 1. The van der Waals surface area contributed by atoms with Crippen molar-refractivity contribution in [2.45, 2.75) is 32.2 Å². The molecule has 1 N–H and O–H groups in total. The van der Waals surface area contributed by atoms with E-state index >= 15 is 0 Å². The topological polar surface area (TPSA) is 50.7 Å². The molecule has 0 aliphatic heterocycles. The molecule has 5 heteroatoms. The first-order valence-electron chi connectivity index (χ1n) is 5.85. The van der Waals surface area contributed by atoms with Crippen LogP contribution in [0.5, 0.6) is 0 Å². The van der Waals surface area contributed by atoms with Crippen LogP contribution in [0.2, 0.25) is 0 Å². The minimum Gasteiger partial charge on any atom is -0.465 e. The summed E-state index contributed by atoms with van der Waals surface area (Å²) in [7, 11) is 0. The Balaban J connectivity index is 1.94. The Morgan fingerprint density at radius 2 is 2.47 bits per heavy atom. The molecular weight excluding hydrogens is 236 g/mol. The van der Waals surface area contributed by atoms with E-state index in [0.29, 0.717) is 23.5 Å². The molecule has 1 aliphatic carbocycles. The Bertz CT molecular complexity index is 397. The van der Waals surface area contributed by atoms with E-state index in [9.17, 15) is 4.79 Å². The van der Waals surface area contributed by atoms with Crippen LogP contribution in [0.25, 0.3) is 0 Å². The van der Waals surface area contributed by atoms with E-state index < -0.39 is 0 Å². The second-order valence-electron chi connectivity index (χ2n) is 3.95. The van der Waals surface area contributed by atoms with E-state index in [-0.39, 0.29) is 5.91 Å². The summed E-state index contributed by atoms with van der Waals surface area (Å²) in [5.41, 5.74) is 0. The summed E-state index contributed by atoms with van der Waals surface area (Å²) in [4.78, 5) is 16.8. The monoisotopic (exact) mass is 252 g/mol. The SMILES string of the molecule is CCCOC(=NC1CC1)NC(=O)c1cccs1. The van der Waals surface area contributed by atoms with Gasteiger partial charge in [0.1, 0.15) is 0 Å². The fourth-order valence-electron chi connectivity index (χ4n) is 1.24. The molecule has 0 saturated heterocycles. The molecule has 1 heterocycles. The van der Waals surface area contributed by atoms with Gasteiger partial charge in [-0.25, -0.2) is 4.99 Å². The fourth-order valence-corrected chi connectivity index (χ4v) is 1.86. The largest absolute Gasteiger partial charge is 0.465 e. The Morgan fingerprint density at radius 1 is 1.65 bits per heavy atom. The lowest BCUT2D eigenvalue weighted by Gasteiger charge is -2.08. The Kier molecular flexibility index (Phi) is 4.14. The van der Waals surface area contributed by atoms with Crippen LogP contribution < -0.4 is 5.32 Å². The van der Waals surface area contributed by atoms with Crippen LogP contribution in [-0.2, 0) is 4.74 Å². The molecule has 17 heavy (non-hydrogen) atoms. The average Bonchev–Trinajstić information content (AvgIpc) is 2.97. The number of nitrogens with zero attached hydrogens (tertiary/aromatic N) is 1. The van der Waals surface area contributed by atoms with Crippen molar-refractivity contribution >= 4 is 23.3 Å². The summed E-state index contributed by atoms with van der Waals surface area (Å²) >= 11 is 1.41. The Morgan fingerprint density at radius 3 is 3.06 bits per heavy atom. The third-order valence-corrected chi connectivity index (χ3v) is 3.12. The second-order valence-corrected chi connectivity index (χ2v) is 4.89. The highest BCUT2D eigenvalue weighted by Gasteiger charge is 2.22. The van der Waals surface area contributed by atoms with Crippen LogP contribution >= 0.6 is 11.3 Å². The smallest absolute Gasteiger partial charge is 0.291 e. The first kappa shape index (κ1) is 12.1. The number of amidine groups is 1. The lowest BCUT2D eigenvalue weighted by atomic mass is 10.4. The number of thiophene rings is 1. The van der Waals surface area contributed by atoms with Gasteiger partial charge in [0, 0.05) is 0 Å². The van der Waals surface area contributed by atoms with Gasteiger partial charge in [-0.2, -0.15) is 0 Å². The summed E-state index contributed by atoms with van der Waals surface area (Å²) in [6, 6.07) is 4.34. The fraction of sp³-hybridized carbons (Fsp3) is 0.500. The zero-order valence-corrected chi connectivity index (χ0v) is 10.6. The lowest BCUT2D eigenvalue weighted by Crippen LogP contribution is -2.32. The number of rotatable bonds is 4. The predicted octanol–water partition coefficient (Wildman–Crippen LogP) is 2.42. The summed E-state index contributed by atoms with van der Waals surface area (Å²) < 4.78 is 5.43. The van der Waals surface area contributed by atoms with Crippen molar-refractivity contribution in [1.29, 1.82) is 0 Å². The van der Waals surface area contributed by atoms with E-state index in [1.165, 1.54) is 11.3 Å². The van der Waals surface area contributed by atoms with E-state index in [2.05, 4.69) is 10.3 Å². The number of amides is 1. The molecule has 0 spiro atoms. The van der Waals surface area contributed by atoms with E-state index in [4.69, 9.17) is 4.74 Å². The van der Waals surface area contributed by atoms with Gasteiger partial charge in [0.15, 0.2) is 0 Å². The maximum Gasteiger partial charge on any atom is 0.291 e. The first-order valence-corrected chi connectivity index (χ1v) is 6.73. The summed E-state index contributed by atoms with van der Waals surface area (Å²) in [5, 5.41) is 4.60.